The summed E-state index contributed by atoms with van der Waals surface area (Å²) in [6.45, 7) is 4.64. The van der Waals surface area contributed by atoms with Crippen molar-refractivity contribution in [3.63, 3.8) is 0 Å². The molecule has 22 heavy (non-hydrogen) atoms. The molecule has 0 saturated heterocycles. The van der Waals surface area contributed by atoms with Gasteiger partial charge in [0.15, 0.2) is 6.04 Å². The van der Waals surface area contributed by atoms with Crippen LogP contribution in [0.15, 0.2) is 48.5 Å². The van der Waals surface area contributed by atoms with E-state index in [-0.39, 0.29) is 17.6 Å². The van der Waals surface area contributed by atoms with Gasteiger partial charge in [0.25, 0.3) is 5.91 Å². The number of para-hydroxylation sites is 1. The van der Waals surface area contributed by atoms with Crippen molar-refractivity contribution < 1.29 is 14.1 Å². The number of anilines is 1. The zero-order valence-electron chi connectivity index (χ0n) is 13.2. The summed E-state index contributed by atoms with van der Waals surface area (Å²) in [7, 11) is 1.96. The van der Waals surface area contributed by atoms with Gasteiger partial charge in [0.1, 0.15) is 12.4 Å². The zero-order valence-corrected chi connectivity index (χ0v) is 13.2. The van der Waals surface area contributed by atoms with Crippen molar-refractivity contribution in [1.82, 2.24) is 0 Å². The minimum Gasteiger partial charge on any atom is -0.324 e. The molecule has 0 aromatic heterocycles. The predicted molar refractivity (Wildman–Crippen MR) is 86.3 cm³/mol. The maximum absolute atomic E-state index is 13.6. The summed E-state index contributed by atoms with van der Waals surface area (Å²) >= 11 is 0. The second kappa shape index (κ2) is 7.18. The van der Waals surface area contributed by atoms with Crippen molar-refractivity contribution in [2.45, 2.75) is 26.4 Å². The molecule has 2 N–H and O–H groups in total. The van der Waals surface area contributed by atoms with Crippen molar-refractivity contribution in [2.75, 3.05) is 12.4 Å². The Hall–Kier alpha value is -2.20. The van der Waals surface area contributed by atoms with Crippen LogP contribution >= 0.6 is 0 Å². The minimum absolute atomic E-state index is 0.185. The van der Waals surface area contributed by atoms with E-state index in [0.717, 1.165) is 11.4 Å². The van der Waals surface area contributed by atoms with E-state index in [9.17, 15) is 9.18 Å². The first-order chi connectivity index (χ1) is 10.5. The smallest absolute Gasteiger partial charge is 0.282 e. The van der Waals surface area contributed by atoms with Crippen LogP contribution in [0.25, 0.3) is 0 Å². The highest BCUT2D eigenvalue weighted by Crippen LogP contribution is 2.12. The molecule has 0 fully saturated rings. The van der Waals surface area contributed by atoms with Gasteiger partial charge in [0.05, 0.1) is 12.7 Å². The molecule has 2 atom stereocenters. The molecule has 0 heterocycles. The van der Waals surface area contributed by atoms with E-state index in [2.05, 4.69) is 29.6 Å². The molecule has 1 unspecified atom stereocenters. The fraction of sp³-hybridized carbons (Fsp3) is 0.278. The fourth-order valence-electron chi connectivity index (χ4n) is 2.21. The molecule has 2 aromatic carbocycles. The molecule has 0 bridgehead atoms. The van der Waals surface area contributed by atoms with E-state index in [4.69, 9.17) is 0 Å². The van der Waals surface area contributed by atoms with Crippen LogP contribution in [0.3, 0.4) is 0 Å². The number of halogens is 1. The molecule has 3 nitrogen and oxygen atoms in total. The summed E-state index contributed by atoms with van der Waals surface area (Å²) in [4.78, 5) is 13.3. The zero-order chi connectivity index (χ0) is 16.1. The van der Waals surface area contributed by atoms with Gasteiger partial charge in [-0.25, -0.2) is 4.39 Å². The van der Waals surface area contributed by atoms with Crippen molar-refractivity contribution in [1.29, 1.82) is 0 Å². The van der Waals surface area contributed by atoms with E-state index >= 15 is 0 Å². The van der Waals surface area contributed by atoms with Crippen LogP contribution in [0, 0.1) is 12.7 Å². The highest BCUT2D eigenvalue weighted by atomic mass is 19.1. The lowest BCUT2D eigenvalue weighted by molar-refractivity contribution is -0.907. The first kappa shape index (κ1) is 16.2. The molecule has 0 saturated carbocycles. The standard InChI is InChI=1S/C18H21FN2O/c1-13-8-10-15(11-9-13)12-21(3)14(2)18(22)20-17-7-5-4-6-16(17)19/h4-11,14H,12H2,1-3H3,(H,20,22)/p+1/t14-/m0/s1. The third-order valence-corrected chi connectivity index (χ3v) is 3.87. The lowest BCUT2D eigenvalue weighted by atomic mass is 10.1. The van der Waals surface area contributed by atoms with E-state index in [1.54, 1.807) is 18.2 Å². The summed E-state index contributed by atoms with van der Waals surface area (Å²) in [5.41, 5.74) is 2.61. The summed E-state index contributed by atoms with van der Waals surface area (Å²) in [6.07, 6.45) is 0. The van der Waals surface area contributed by atoms with Gasteiger partial charge in [-0.2, -0.15) is 0 Å². The SMILES string of the molecule is Cc1ccc(C[NH+](C)[C@@H](C)C(=O)Nc2ccccc2F)cc1. The van der Waals surface area contributed by atoms with Gasteiger partial charge in [0, 0.05) is 5.56 Å². The number of rotatable bonds is 5. The normalized spacial score (nSPS) is 13.5. The number of quaternary nitrogens is 1. The Kier molecular flexibility index (Phi) is 5.28. The molecule has 116 valence electrons. The maximum atomic E-state index is 13.6. The van der Waals surface area contributed by atoms with Gasteiger partial charge in [-0.15, -0.1) is 0 Å². The Morgan fingerprint density at radius 3 is 2.45 bits per heavy atom. The first-order valence-corrected chi connectivity index (χ1v) is 7.40. The molecule has 0 aliphatic heterocycles. The molecule has 1 amide bonds. The van der Waals surface area contributed by atoms with Gasteiger partial charge < -0.3 is 10.2 Å². The Labute approximate surface area is 130 Å². The van der Waals surface area contributed by atoms with Crippen LogP contribution in [-0.4, -0.2) is 19.0 Å². The topological polar surface area (TPSA) is 33.5 Å². The predicted octanol–water partition coefficient (Wildman–Crippen LogP) is 2.18. The van der Waals surface area contributed by atoms with Crippen molar-refractivity contribution in [2.24, 2.45) is 0 Å². The summed E-state index contributed by atoms with van der Waals surface area (Å²) in [5, 5.41) is 2.65. The van der Waals surface area contributed by atoms with Crippen LogP contribution in [0.2, 0.25) is 0 Å². The number of hydrogen-bond donors (Lipinski definition) is 2. The Bertz CT molecular complexity index is 640. The average molecular weight is 301 g/mol. The lowest BCUT2D eigenvalue weighted by Crippen LogP contribution is -3.12. The third kappa shape index (κ3) is 4.15. The monoisotopic (exact) mass is 301 g/mol. The van der Waals surface area contributed by atoms with E-state index in [0.29, 0.717) is 0 Å². The molecule has 0 aliphatic rings. The fourth-order valence-corrected chi connectivity index (χ4v) is 2.21. The number of aryl methyl sites for hydroxylation is 1. The van der Waals surface area contributed by atoms with Crippen molar-refractivity contribution in [3.05, 3.63) is 65.5 Å². The Morgan fingerprint density at radius 1 is 1.18 bits per heavy atom. The van der Waals surface area contributed by atoms with Gasteiger partial charge in [-0.1, -0.05) is 42.0 Å². The Morgan fingerprint density at radius 2 is 1.82 bits per heavy atom. The molecule has 4 heteroatoms. The number of likely N-dealkylation sites (N-methyl/N-ethyl adjacent to an activating group) is 1. The number of carbonyl (C=O) groups excluding carboxylic acids is 1. The third-order valence-electron chi connectivity index (χ3n) is 3.87. The van der Waals surface area contributed by atoms with Crippen molar-refractivity contribution >= 4 is 11.6 Å². The number of carbonyl (C=O) groups is 1. The average Bonchev–Trinajstić information content (AvgIpc) is 2.51. The molecule has 0 radical (unpaired) electrons. The van der Waals surface area contributed by atoms with Gasteiger partial charge in [-0.3, -0.25) is 4.79 Å². The summed E-state index contributed by atoms with van der Waals surface area (Å²) in [5.74, 6) is -0.603. The first-order valence-electron chi connectivity index (χ1n) is 7.40. The van der Waals surface area contributed by atoms with Gasteiger partial charge >= 0.3 is 0 Å². The number of hydrogen-bond acceptors (Lipinski definition) is 1. The quantitative estimate of drug-likeness (QED) is 0.872. The van der Waals surface area contributed by atoms with Gasteiger partial charge in [-0.05, 0) is 26.0 Å². The molecule has 2 aromatic rings. The number of nitrogens with one attached hydrogen (secondary N) is 2. The Balaban J connectivity index is 1.97. The lowest BCUT2D eigenvalue weighted by Gasteiger charge is -2.21. The van der Waals surface area contributed by atoms with E-state index < -0.39 is 5.82 Å². The van der Waals surface area contributed by atoms with Crippen LogP contribution in [0.4, 0.5) is 10.1 Å². The molecule has 0 aliphatic carbocycles. The highest BCUT2D eigenvalue weighted by Gasteiger charge is 2.22. The number of benzene rings is 2. The van der Waals surface area contributed by atoms with E-state index in [1.165, 1.54) is 17.2 Å². The van der Waals surface area contributed by atoms with Crippen molar-refractivity contribution in [3.8, 4) is 0 Å². The molecule has 0 spiro atoms. The second-order valence-electron chi connectivity index (χ2n) is 5.70. The molecular weight excluding hydrogens is 279 g/mol. The largest absolute Gasteiger partial charge is 0.324 e. The minimum atomic E-state index is -0.417. The van der Waals surface area contributed by atoms with E-state index in [1.807, 2.05) is 20.9 Å². The summed E-state index contributed by atoms with van der Waals surface area (Å²) < 4.78 is 13.6. The van der Waals surface area contributed by atoms with Crippen LogP contribution < -0.4 is 10.2 Å². The number of amides is 1. The molecule has 2 rings (SSSR count). The second-order valence-corrected chi connectivity index (χ2v) is 5.70. The summed E-state index contributed by atoms with van der Waals surface area (Å²) in [6, 6.07) is 14.2. The highest BCUT2D eigenvalue weighted by molar-refractivity contribution is 5.93. The van der Waals surface area contributed by atoms with Gasteiger partial charge in [0.2, 0.25) is 0 Å². The van der Waals surface area contributed by atoms with Crippen LogP contribution in [0.5, 0.6) is 0 Å². The van der Waals surface area contributed by atoms with Crippen LogP contribution in [-0.2, 0) is 11.3 Å². The maximum Gasteiger partial charge on any atom is 0.282 e. The molecular formula is C18H22FN2O+. The van der Waals surface area contributed by atoms with Crippen LogP contribution in [0.1, 0.15) is 18.1 Å².